The van der Waals surface area contributed by atoms with Crippen molar-refractivity contribution in [3.63, 3.8) is 0 Å². The van der Waals surface area contributed by atoms with Crippen LogP contribution in [0.15, 0.2) is 78.9 Å². The van der Waals surface area contributed by atoms with Crippen LogP contribution in [0.2, 0.25) is 0 Å². The summed E-state index contributed by atoms with van der Waals surface area (Å²) in [5.41, 5.74) is 4.32. The Morgan fingerprint density at radius 2 is 1.24 bits per heavy atom. The summed E-state index contributed by atoms with van der Waals surface area (Å²) in [7, 11) is 0. The summed E-state index contributed by atoms with van der Waals surface area (Å²) >= 11 is 0. The number of aromatic carboxylic acids is 1. The molecule has 0 amide bonds. The van der Waals surface area contributed by atoms with Crippen molar-refractivity contribution in [3.05, 3.63) is 95.6 Å². The second-order valence-electron chi connectivity index (χ2n) is 6.13. The summed E-state index contributed by atoms with van der Waals surface area (Å²) in [6.45, 7) is 0. The minimum Gasteiger partial charge on any atom is -0.478 e. The molecule has 0 fully saturated rings. The summed E-state index contributed by atoms with van der Waals surface area (Å²) in [5.74, 6) is -0.925. The zero-order valence-corrected chi connectivity index (χ0v) is 13.5. The molecule has 3 aromatic rings. The van der Waals surface area contributed by atoms with Gasteiger partial charge in [0.05, 0.1) is 29.0 Å². The molecule has 25 heavy (non-hydrogen) atoms. The van der Waals surface area contributed by atoms with E-state index in [1.54, 1.807) is 12.1 Å². The number of nitrogens with one attached hydrogen (secondary N) is 2. The first-order chi connectivity index (χ1) is 12.2. The van der Waals surface area contributed by atoms with Crippen molar-refractivity contribution in [2.75, 3.05) is 10.6 Å². The predicted molar refractivity (Wildman–Crippen MR) is 99.0 cm³/mol. The third kappa shape index (κ3) is 2.94. The Hall–Kier alpha value is -3.27. The molecule has 1 heterocycles. The van der Waals surface area contributed by atoms with Crippen LogP contribution >= 0.6 is 0 Å². The highest BCUT2D eigenvalue weighted by molar-refractivity contribution is 5.91. The van der Waals surface area contributed by atoms with Crippen molar-refractivity contribution in [1.29, 1.82) is 0 Å². The van der Waals surface area contributed by atoms with Crippen molar-refractivity contribution in [1.82, 2.24) is 0 Å². The molecule has 0 aliphatic carbocycles. The maximum absolute atomic E-state index is 11.3. The molecular formula is C21H18N2O2. The monoisotopic (exact) mass is 330 g/mol. The molecule has 0 spiro atoms. The summed E-state index contributed by atoms with van der Waals surface area (Å²) in [6, 6.07) is 25.6. The lowest BCUT2D eigenvalue weighted by Gasteiger charge is -2.37. The van der Waals surface area contributed by atoms with E-state index in [9.17, 15) is 9.90 Å². The maximum Gasteiger partial charge on any atom is 0.335 e. The average Bonchev–Trinajstić information content (AvgIpc) is 2.68. The van der Waals surface area contributed by atoms with Crippen LogP contribution in [-0.4, -0.2) is 11.1 Å². The molecule has 124 valence electrons. The van der Waals surface area contributed by atoms with Gasteiger partial charge in [0.1, 0.15) is 0 Å². The van der Waals surface area contributed by atoms with E-state index in [2.05, 4.69) is 34.9 Å². The Balaban J connectivity index is 1.79. The number of carboxylic acid groups (broad SMARTS) is 1. The van der Waals surface area contributed by atoms with Gasteiger partial charge < -0.3 is 15.7 Å². The molecule has 0 aromatic heterocycles. The molecule has 2 atom stereocenters. The zero-order chi connectivity index (χ0) is 17.2. The van der Waals surface area contributed by atoms with Crippen LogP contribution in [0.4, 0.5) is 11.4 Å². The van der Waals surface area contributed by atoms with Gasteiger partial charge in [-0.1, -0.05) is 60.7 Å². The van der Waals surface area contributed by atoms with Gasteiger partial charge in [-0.25, -0.2) is 4.79 Å². The largest absolute Gasteiger partial charge is 0.478 e. The van der Waals surface area contributed by atoms with Gasteiger partial charge in [0, 0.05) is 0 Å². The van der Waals surface area contributed by atoms with Crippen molar-refractivity contribution in [2.45, 2.75) is 12.1 Å². The van der Waals surface area contributed by atoms with E-state index in [4.69, 9.17) is 0 Å². The van der Waals surface area contributed by atoms with Gasteiger partial charge in [0.25, 0.3) is 0 Å². The van der Waals surface area contributed by atoms with E-state index in [1.165, 1.54) is 5.56 Å². The number of benzene rings is 3. The van der Waals surface area contributed by atoms with Gasteiger partial charge in [-0.05, 0) is 29.3 Å². The van der Waals surface area contributed by atoms with Crippen LogP contribution < -0.4 is 10.6 Å². The second kappa shape index (κ2) is 6.32. The lowest BCUT2D eigenvalue weighted by Crippen LogP contribution is -2.30. The van der Waals surface area contributed by atoms with Crippen LogP contribution in [0, 0.1) is 0 Å². The first-order valence-corrected chi connectivity index (χ1v) is 8.23. The molecule has 3 aromatic carbocycles. The van der Waals surface area contributed by atoms with Gasteiger partial charge in [-0.2, -0.15) is 0 Å². The lowest BCUT2D eigenvalue weighted by atomic mass is 9.90. The Morgan fingerprint density at radius 3 is 1.76 bits per heavy atom. The third-order valence-electron chi connectivity index (χ3n) is 4.54. The van der Waals surface area contributed by atoms with Crippen molar-refractivity contribution in [2.24, 2.45) is 0 Å². The van der Waals surface area contributed by atoms with E-state index < -0.39 is 5.97 Å². The maximum atomic E-state index is 11.3. The fourth-order valence-corrected chi connectivity index (χ4v) is 3.30. The van der Waals surface area contributed by atoms with E-state index in [0.717, 1.165) is 16.9 Å². The number of carbonyl (C=O) groups is 1. The van der Waals surface area contributed by atoms with Gasteiger partial charge in [0.15, 0.2) is 0 Å². The molecule has 1 aliphatic heterocycles. The van der Waals surface area contributed by atoms with Gasteiger partial charge in [-0.3, -0.25) is 0 Å². The number of carboxylic acids is 1. The van der Waals surface area contributed by atoms with Crippen LogP contribution in [-0.2, 0) is 0 Å². The molecule has 4 rings (SSSR count). The zero-order valence-electron chi connectivity index (χ0n) is 13.5. The summed E-state index contributed by atoms with van der Waals surface area (Å²) in [4.78, 5) is 11.3. The summed E-state index contributed by atoms with van der Waals surface area (Å²) < 4.78 is 0. The Morgan fingerprint density at radius 1 is 0.720 bits per heavy atom. The van der Waals surface area contributed by atoms with Crippen LogP contribution in [0.1, 0.15) is 33.6 Å². The number of fused-ring (bicyclic) bond motifs is 1. The molecule has 0 saturated carbocycles. The third-order valence-corrected chi connectivity index (χ3v) is 4.54. The molecule has 0 unspecified atom stereocenters. The average molecular weight is 330 g/mol. The lowest BCUT2D eigenvalue weighted by molar-refractivity contribution is 0.0697. The molecule has 0 radical (unpaired) electrons. The van der Waals surface area contributed by atoms with Crippen molar-refractivity contribution >= 4 is 17.3 Å². The molecule has 0 bridgehead atoms. The second-order valence-corrected chi connectivity index (χ2v) is 6.13. The van der Waals surface area contributed by atoms with Gasteiger partial charge in [0.2, 0.25) is 0 Å². The quantitative estimate of drug-likeness (QED) is 0.651. The van der Waals surface area contributed by atoms with Crippen molar-refractivity contribution < 1.29 is 9.90 Å². The number of rotatable bonds is 3. The fraction of sp³-hybridized carbons (Fsp3) is 0.0952. The number of hydrogen-bond acceptors (Lipinski definition) is 3. The van der Waals surface area contributed by atoms with Crippen molar-refractivity contribution in [3.8, 4) is 0 Å². The predicted octanol–water partition coefficient (Wildman–Crippen LogP) is 4.70. The summed E-state index contributed by atoms with van der Waals surface area (Å²) in [5, 5.41) is 16.4. The first kappa shape index (κ1) is 15.3. The highest BCUT2D eigenvalue weighted by Crippen LogP contribution is 2.42. The van der Waals surface area contributed by atoms with Crippen LogP contribution in [0.5, 0.6) is 0 Å². The van der Waals surface area contributed by atoms with E-state index in [1.807, 2.05) is 42.5 Å². The van der Waals surface area contributed by atoms with Crippen LogP contribution in [0.3, 0.4) is 0 Å². The topological polar surface area (TPSA) is 61.4 Å². The van der Waals surface area contributed by atoms with Gasteiger partial charge >= 0.3 is 5.97 Å². The molecule has 1 aliphatic rings. The van der Waals surface area contributed by atoms with Crippen LogP contribution in [0.25, 0.3) is 0 Å². The highest BCUT2D eigenvalue weighted by Gasteiger charge is 2.30. The smallest absolute Gasteiger partial charge is 0.335 e. The molecular weight excluding hydrogens is 312 g/mol. The standard InChI is InChI=1S/C21H18N2O2/c24-21(25)16-11-12-17-18(13-16)23-20(15-9-5-2-6-10-15)19(22-17)14-7-3-1-4-8-14/h1-13,19-20,22-23H,(H,24,25)/t19-,20+/m1/s1. The van der Waals surface area contributed by atoms with Gasteiger partial charge in [-0.15, -0.1) is 0 Å². The van der Waals surface area contributed by atoms with E-state index >= 15 is 0 Å². The fourth-order valence-electron chi connectivity index (χ4n) is 3.30. The molecule has 4 heteroatoms. The normalized spacial score (nSPS) is 18.6. The first-order valence-electron chi connectivity index (χ1n) is 8.23. The number of hydrogen-bond donors (Lipinski definition) is 3. The SMILES string of the molecule is O=C(O)c1ccc2c(c1)N[C@@H](c1ccccc1)[C@@H](c1ccccc1)N2. The van der Waals surface area contributed by atoms with E-state index in [0.29, 0.717) is 0 Å². The molecule has 0 saturated heterocycles. The number of anilines is 2. The Bertz CT molecular complexity index is 894. The van der Waals surface area contributed by atoms with E-state index in [-0.39, 0.29) is 17.6 Å². The molecule has 3 N–H and O–H groups in total. The highest BCUT2D eigenvalue weighted by atomic mass is 16.4. The Labute approximate surface area is 146 Å². The molecule has 4 nitrogen and oxygen atoms in total. The Kier molecular flexibility index (Phi) is 3.86. The minimum absolute atomic E-state index is 0.000134. The minimum atomic E-state index is -0.925. The summed E-state index contributed by atoms with van der Waals surface area (Å²) in [6.07, 6.45) is 0.